The highest BCUT2D eigenvalue weighted by molar-refractivity contribution is 5.68. The fourth-order valence-electron chi connectivity index (χ4n) is 2.62. The number of hydrogen-bond donors (Lipinski definition) is 1. The second kappa shape index (κ2) is 4.53. The van der Waals surface area contributed by atoms with Crippen LogP contribution in [0.4, 0.5) is 15.8 Å². The van der Waals surface area contributed by atoms with Gasteiger partial charge in [0.2, 0.25) is 0 Å². The van der Waals surface area contributed by atoms with E-state index in [1.54, 1.807) is 6.07 Å². The molecule has 0 radical (unpaired) electrons. The van der Waals surface area contributed by atoms with E-state index in [1.807, 2.05) is 6.07 Å². The molecule has 2 rings (SSSR count). The molecule has 17 heavy (non-hydrogen) atoms. The number of benzene rings is 1. The maximum atomic E-state index is 13.4. The first kappa shape index (κ1) is 12.2. The summed E-state index contributed by atoms with van der Waals surface area (Å²) < 4.78 is 13.4. The van der Waals surface area contributed by atoms with Gasteiger partial charge >= 0.3 is 0 Å². The van der Waals surface area contributed by atoms with Crippen molar-refractivity contribution in [3.05, 3.63) is 24.0 Å². The van der Waals surface area contributed by atoms with E-state index in [4.69, 9.17) is 5.73 Å². The van der Waals surface area contributed by atoms with E-state index in [9.17, 15) is 4.39 Å². The van der Waals surface area contributed by atoms with Crippen molar-refractivity contribution in [3.63, 3.8) is 0 Å². The molecule has 1 saturated heterocycles. The Bertz CT molecular complexity index is 406. The molecule has 0 bridgehead atoms. The summed E-state index contributed by atoms with van der Waals surface area (Å²) in [5.41, 5.74) is 6.88. The summed E-state index contributed by atoms with van der Waals surface area (Å²) >= 11 is 0. The zero-order valence-corrected chi connectivity index (χ0v) is 10.7. The van der Waals surface area contributed by atoms with E-state index in [-0.39, 0.29) is 11.5 Å². The van der Waals surface area contributed by atoms with E-state index in [2.05, 4.69) is 30.8 Å². The highest BCUT2D eigenvalue weighted by Crippen LogP contribution is 2.31. The van der Waals surface area contributed by atoms with Crippen LogP contribution in [0.1, 0.15) is 6.92 Å². The molecule has 1 aromatic carbocycles. The Balaban J connectivity index is 2.23. The summed E-state index contributed by atoms with van der Waals surface area (Å²) in [6.07, 6.45) is 0. The number of anilines is 2. The van der Waals surface area contributed by atoms with Crippen LogP contribution in [0.15, 0.2) is 18.2 Å². The highest BCUT2D eigenvalue weighted by Gasteiger charge is 2.32. The van der Waals surface area contributed by atoms with Gasteiger partial charge in [-0.2, -0.15) is 0 Å². The van der Waals surface area contributed by atoms with Gasteiger partial charge in [-0.3, -0.25) is 0 Å². The van der Waals surface area contributed by atoms with E-state index in [0.717, 1.165) is 18.8 Å². The third kappa shape index (κ3) is 2.22. The summed E-state index contributed by atoms with van der Waals surface area (Å²) in [7, 11) is 4.17. The molecule has 1 aliphatic rings. The molecule has 1 fully saturated rings. The molecule has 0 spiro atoms. The van der Waals surface area contributed by atoms with Gasteiger partial charge in [-0.05, 0) is 32.1 Å². The van der Waals surface area contributed by atoms with Gasteiger partial charge in [-0.25, -0.2) is 4.39 Å². The molecule has 2 unspecified atom stereocenters. The highest BCUT2D eigenvalue weighted by atomic mass is 19.1. The molecule has 0 aromatic heterocycles. The van der Waals surface area contributed by atoms with Crippen molar-refractivity contribution in [1.29, 1.82) is 0 Å². The molecule has 0 amide bonds. The molecule has 1 heterocycles. The fourth-order valence-corrected chi connectivity index (χ4v) is 2.62. The number of para-hydroxylation sites is 1. The molecule has 1 aliphatic heterocycles. The van der Waals surface area contributed by atoms with Gasteiger partial charge in [0.15, 0.2) is 0 Å². The van der Waals surface area contributed by atoms with Crippen LogP contribution >= 0.6 is 0 Å². The lowest BCUT2D eigenvalue weighted by atomic mass is 10.1. The van der Waals surface area contributed by atoms with Crippen molar-refractivity contribution in [2.45, 2.75) is 13.0 Å². The number of hydrogen-bond acceptors (Lipinski definition) is 3. The molecular formula is C13H20FN3. The lowest BCUT2D eigenvalue weighted by molar-refractivity contribution is 0.266. The molecule has 4 heteroatoms. The number of rotatable bonds is 2. The average molecular weight is 237 g/mol. The second-order valence-corrected chi connectivity index (χ2v) is 5.09. The van der Waals surface area contributed by atoms with E-state index >= 15 is 0 Å². The molecule has 94 valence electrons. The van der Waals surface area contributed by atoms with E-state index in [0.29, 0.717) is 12.0 Å². The van der Waals surface area contributed by atoms with Crippen LogP contribution in [0, 0.1) is 11.7 Å². The molecule has 1 aromatic rings. The maximum absolute atomic E-state index is 13.4. The zero-order valence-electron chi connectivity index (χ0n) is 10.7. The summed E-state index contributed by atoms with van der Waals surface area (Å²) in [6.45, 7) is 4.05. The van der Waals surface area contributed by atoms with Gasteiger partial charge in [0.05, 0.1) is 11.4 Å². The summed E-state index contributed by atoms with van der Waals surface area (Å²) in [5, 5.41) is 0. The Labute approximate surface area is 102 Å². The molecule has 2 N–H and O–H groups in total. The van der Waals surface area contributed by atoms with Crippen LogP contribution in [0.5, 0.6) is 0 Å². The van der Waals surface area contributed by atoms with Crippen molar-refractivity contribution in [2.24, 2.45) is 5.92 Å². The predicted octanol–water partition coefficient (Wildman–Crippen LogP) is 1.79. The topological polar surface area (TPSA) is 32.5 Å². The van der Waals surface area contributed by atoms with Gasteiger partial charge in [0, 0.05) is 19.1 Å². The monoisotopic (exact) mass is 237 g/mol. The third-order valence-electron chi connectivity index (χ3n) is 3.61. The average Bonchev–Trinajstić information content (AvgIpc) is 2.64. The van der Waals surface area contributed by atoms with Gasteiger partial charge in [0.25, 0.3) is 0 Å². The number of nitrogen functional groups attached to an aromatic ring is 1. The third-order valence-corrected chi connectivity index (χ3v) is 3.61. The van der Waals surface area contributed by atoms with Crippen molar-refractivity contribution < 1.29 is 4.39 Å². The lowest BCUT2D eigenvalue weighted by Gasteiger charge is -2.23. The number of nitrogens with two attached hydrogens (primary N) is 1. The van der Waals surface area contributed by atoms with Gasteiger partial charge in [-0.15, -0.1) is 0 Å². The quantitative estimate of drug-likeness (QED) is 0.796. The van der Waals surface area contributed by atoms with Crippen LogP contribution in [0.2, 0.25) is 0 Å². The minimum Gasteiger partial charge on any atom is -0.395 e. The Morgan fingerprint density at radius 3 is 2.65 bits per heavy atom. The number of nitrogens with zero attached hydrogens (tertiary/aromatic N) is 2. The molecule has 2 atom stereocenters. The summed E-state index contributed by atoms with van der Waals surface area (Å²) in [5.74, 6) is 0.233. The maximum Gasteiger partial charge on any atom is 0.148 e. The first-order chi connectivity index (χ1) is 8.00. The smallest absolute Gasteiger partial charge is 0.148 e. The Hall–Kier alpha value is -1.29. The first-order valence-electron chi connectivity index (χ1n) is 5.96. The van der Waals surface area contributed by atoms with Crippen molar-refractivity contribution >= 4 is 11.4 Å². The minimum absolute atomic E-state index is 0.263. The lowest BCUT2D eigenvalue weighted by Crippen LogP contribution is -2.34. The standard InChI is InChI=1S/C13H20FN3/c1-9-7-17(8-12(9)16(2)3)11-6-4-5-10(14)13(11)15/h4-6,9,12H,7-8,15H2,1-3H3. The van der Waals surface area contributed by atoms with E-state index in [1.165, 1.54) is 6.07 Å². The molecule has 0 saturated carbocycles. The predicted molar refractivity (Wildman–Crippen MR) is 69.7 cm³/mol. The fraction of sp³-hybridized carbons (Fsp3) is 0.538. The normalized spacial score (nSPS) is 24.6. The van der Waals surface area contributed by atoms with Crippen molar-refractivity contribution in [3.8, 4) is 0 Å². The first-order valence-corrected chi connectivity index (χ1v) is 5.96. The molecular weight excluding hydrogens is 217 g/mol. The van der Waals surface area contributed by atoms with Crippen LogP contribution < -0.4 is 10.6 Å². The Kier molecular flexibility index (Phi) is 3.24. The van der Waals surface area contributed by atoms with Gasteiger partial charge < -0.3 is 15.5 Å². The Morgan fingerprint density at radius 1 is 1.35 bits per heavy atom. The van der Waals surface area contributed by atoms with Crippen molar-refractivity contribution in [2.75, 3.05) is 37.8 Å². The van der Waals surface area contributed by atoms with Crippen LogP contribution in [0.3, 0.4) is 0 Å². The zero-order chi connectivity index (χ0) is 12.6. The van der Waals surface area contributed by atoms with Crippen molar-refractivity contribution in [1.82, 2.24) is 4.90 Å². The second-order valence-electron chi connectivity index (χ2n) is 5.09. The Morgan fingerprint density at radius 2 is 2.06 bits per heavy atom. The largest absolute Gasteiger partial charge is 0.395 e. The number of likely N-dealkylation sites (N-methyl/N-ethyl adjacent to an activating group) is 1. The van der Waals surface area contributed by atoms with E-state index < -0.39 is 0 Å². The summed E-state index contributed by atoms with van der Waals surface area (Å²) in [4.78, 5) is 4.40. The van der Waals surface area contributed by atoms with Gasteiger partial charge in [0.1, 0.15) is 5.82 Å². The van der Waals surface area contributed by atoms with Crippen LogP contribution in [0.25, 0.3) is 0 Å². The molecule has 0 aliphatic carbocycles. The summed E-state index contributed by atoms with van der Waals surface area (Å²) in [6, 6.07) is 5.51. The van der Waals surface area contributed by atoms with Crippen LogP contribution in [-0.2, 0) is 0 Å². The van der Waals surface area contributed by atoms with Gasteiger partial charge in [-0.1, -0.05) is 13.0 Å². The minimum atomic E-state index is -0.330. The molecule has 3 nitrogen and oxygen atoms in total. The van der Waals surface area contributed by atoms with Crippen LogP contribution in [-0.4, -0.2) is 38.1 Å². The SMILES string of the molecule is CC1CN(c2cccc(F)c2N)CC1N(C)C. The number of halogens is 1.